The molecule has 15 heavy (non-hydrogen) atoms. The third kappa shape index (κ3) is 1.59. The first-order chi connectivity index (χ1) is 7.22. The van der Waals surface area contributed by atoms with Crippen LogP contribution in [0.1, 0.15) is 5.69 Å². The van der Waals surface area contributed by atoms with E-state index < -0.39 is 0 Å². The van der Waals surface area contributed by atoms with Gasteiger partial charge >= 0.3 is 0 Å². The molecule has 1 N–H and O–H groups in total. The van der Waals surface area contributed by atoms with Crippen LogP contribution in [0.15, 0.2) is 23.1 Å². The topological polar surface area (TPSA) is 72.1 Å². The minimum Gasteiger partial charge on any atom is -0.423 e. The van der Waals surface area contributed by atoms with E-state index in [2.05, 4.69) is 14.7 Å². The average Bonchev–Trinajstić information content (AvgIpc) is 2.23. The van der Waals surface area contributed by atoms with Crippen molar-refractivity contribution in [2.24, 2.45) is 0 Å². The number of aromatic amines is 1. The number of ether oxygens (including phenoxy) is 1. The van der Waals surface area contributed by atoms with Crippen molar-refractivity contribution in [3.63, 3.8) is 0 Å². The van der Waals surface area contributed by atoms with Crippen molar-refractivity contribution in [3.05, 3.63) is 34.2 Å². The van der Waals surface area contributed by atoms with Crippen molar-refractivity contribution in [2.45, 2.75) is 6.92 Å². The van der Waals surface area contributed by atoms with Crippen LogP contribution in [0.4, 0.5) is 0 Å². The zero-order chi connectivity index (χ0) is 10.8. The normalized spacial score (nSPS) is 10.2. The summed E-state index contributed by atoms with van der Waals surface area (Å²) in [6.45, 7) is 2.00. The zero-order valence-corrected chi connectivity index (χ0v) is 7.98. The monoisotopic (exact) mass is 204 g/mol. The van der Waals surface area contributed by atoms with Crippen molar-refractivity contribution < 1.29 is 9.53 Å². The van der Waals surface area contributed by atoms with Crippen molar-refractivity contribution >= 4 is 17.5 Å². The number of nitrogens with zero attached hydrogens (tertiary/aromatic N) is 1. The van der Waals surface area contributed by atoms with Gasteiger partial charge in [0.1, 0.15) is 5.52 Å². The lowest BCUT2D eigenvalue weighted by atomic mass is 10.3. The molecule has 2 heterocycles. The molecule has 0 bridgehead atoms. The molecule has 5 nitrogen and oxygen atoms in total. The Balaban J connectivity index is 2.76. The predicted octanol–water partition coefficient (Wildman–Crippen LogP) is 0.767. The van der Waals surface area contributed by atoms with Gasteiger partial charge in [0.05, 0.1) is 5.52 Å². The van der Waals surface area contributed by atoms with Gasteiger partial charge in [-0.1, -0.05) is 0 Å². The maximum absolute atomic E-state index is 11.7. The number of hydrogen-bond donors (Lipinski definition) is 1. The largest absolute Gasteiger partial charge is 0.423 e. The van der Waals surface area contributed by atoms with Crippen LogP contribution in [0.5, 0.6) is 5.75 Å². The van der Waals surface area contributed by atoms with Crippen LogP contribution < -0.4 is 10.2 Å². The van der Waals surface area contributed by atoms with E-state index in [0.717, 1.165) is 5.69 Å². The quantitative estimate of drug-likeness (QED) is 0.733. The van der Waals surface area contributed by atoms with Crippen LogP contribution in [0.25, 0.3) is 11.0 Å². The van der Waals surface area contributed by atoms with Crippen LogP contribution in [-0.2, 0) is 4.79 Å². The molecule has 0 atom stereocenters. The molecule has 0 saturated carbocycles. The van der Waals surface area contributed by atoms with Crippen LogP contribution >= 0.6 is 0 Å². The Kier molecular flexibility index (Phi) is 2.21. The van der Waals surface area contributed by atoms with Crippen molar-refractivity contribution in [3.8, 4) is 5.75 Å². The molecule has 0 aliphatic heterocycles. The number of pyridine rings is 2. The number of nitrogens with one attached hydrogen (secondary N) is 1. The number of carbonyl (C=O) groups is 1. The van der Waals surface area contributed by atoms with Crippen LogP contribution in [-0.4, -0.2) is 16.4 Å². The Morgan fingerprint density at radius 3 is 3.00 bits per heavy atom. The molecule has 2 aromatic rings. The van der Waals surface area contributed by atoms with Crippen LogP contribution in [0.2, 0.25) is 0 Å². The number of H-pyrrole nitrogens is 1. The van der Waals surface area contributed by atoms with Gasteiger partial charge in [0.25, 0.3) is 6.47 Å². The highest BCUT2D eigenvalue weighted by molar-refractivity contribution is 5.75. The molecule has 0 spiro atoms. The highest BCUT2D eigenvalue weighted by Crippen LogP contribution is 2.09. The molecular weight excluding hydrogens is 196 g/mol. The maximum Gasteiger partial charge on any atom is 0.298 e. The van der Waals surface area contributed by atoms with Crippen LogP contribution in [0.3, 0.4) is 0 Å². The number of fused-ring (bicyclic) bond motifs is 1. The summed E-state index contributed by atoms with van der Waals surface area (Å²) in [5.41, 5.74) is 1.23. The third-order valence-corrected chi connectivity index (χ3v) is 2.01. The molecule has 0 fully saturated rings. The molecular formula is C10H8N2O3. The third-order valence-electron chi connectivity index (χ3n) is 2.01. The molecule has 76 valence electrons. The van der Waals surface area contributed by atoms with E-state index in [-0.39, 0.29) is 23.2 Å². The highest BCUT2D eigenvalue weighted by Gasteiger charge is 2.06. The van der Waals surface area contributed by atoms with Crippen molar-refractivity contribution in [1.82, 2.24) is 9.97 Å². The molecule has 0 saturated heterocycles. The van der Waals surface area contributed by atoms with Gasteiger partial charge in [-0.2, -0.15) is 0 Å². The Bertz CT molecular complexity index is 574. The zero-order valence-electron chi connectivity index (χ0n) is 7.98. The molecule has 0 aliphatic carbocycles. The molecule has 0 radical (unpaired) electrons. The Morgan fingerprint density at radius 1 is 1.47 bits per heavy atom. The van der Waals surface area contributed by atoms with Crippen molar-refractivity contribution in [2.75, 3.05) is 0 Å². The second-order valence-electron chi connectivity index (χ2n) is 3.04. The highest BCUT2D eigenvalue weighted by atomic mass is 16.5. The number of rotatable bonds is 2. The summed E-state index contributed by atoms with van der Waals surface area (Å²) in [6.07, 6.45) is 1.34. The summed E-state index contributed by atoms with van der Waals surface area (Å²) in [4.78, 5) is 28.7. The van der Waals surface area contributed by atoms with Gasteiger partial charge in [0, 0.05) is 11.9 Å². The first kappa shape index (κ1) is 9.39. The summed E-state index contributed by atoms with van der Waals surface area (Å²) >= 11 is 0. The summed E-state index contributed by atoms with van der Waals surface area (Å²) in [5.74, 6) is -0.0457. The number of hydrogen-bond acceptors (Lipinski definition) is 4. The fraction of sp³-hybridized carbons (Fsp3) is 0.100. The summed E-state index contributed by atoms with van der Waals surface area (Å²) < 4.78 is 4.52. The van der Waals surface area contributed by atoms with Crippen molar-refractivity contribution in [1.29, 1.82) is 0 Å². The molecule has 2 aromatic heterocycles. The standard InChI is InChI=1S/C10H8N2O3/c1-6-2-3-7-9(12-6)10(14)8(4-11-7)15-5-13/h2-5H,1H3,(H,11,14). The Hall–Kier alpha value is -2.17. The average molecular weight is 204 g/mol. The lowest BCUT2D eigenvalue weighted by Crippen LogP contribution is -2.09. The fourth-order valence-electron chi connectivity index (χ4n) is 1.31. The number of aromatic nitrogens is 2. The molecule has 2 rings (SSSR count). The van der Waals surface area contributed by atoms with Crippen LogP contribution in [0, 0.1) is 6.92 Å². The minimum atomic E-state index is -0.389. The van der Waals surface area contributed by atoms with E-state index in [4.69, 9.17) is 0 Å². The number of aryl methyl sites for hydroxylation is 1. The predicted molar refractivity (Wildman–Crippen MR) is 53.8 cm³/mol. The van der Waals surface area contributed by atoms with E-state index in [1.54, 1.807) is 19.1 Å². The minimum absolute atomic E-state index is 0.0457. The number of carbonyl (C=O) groups excluding carboxylic acids is 1. The first-order valence-electron chi connectivity index (χ1n) is 4.31. The van der Waals surface area contributed by atoms with E-state index in [1.807, 2.05) is 0 Å². The van der Waals surface area contributed by atoms with E-state index in [1.165, 1.54) is 6.20 Å². The molecule has 0 amide bonds. The summed E-state index contributed by atoms with van der Waals surface area (Å²) in [6, 6.07) is 3.54. The van der Waals surface area contributed by atoms with Gasteiger partial charge in [-0.15, -0.1) is 0 Å². The van der Waals surface area contributed by atoms with E-state index in [9.17, 15) is 9.59 Å². The molecule has 0 unspecified atom stereocenters. The lowest BCUT2D eigenvalue weighted by Gasteiger charge is -2.00. The van der Waals surface area contributed by atoms with Gasteiger partial charge in [-0.25, -0.2) is 4.98 Å². The van der Waals surface area contributed by atoms with E-state index >= 15 is 0 Å². The van der Waals surface area contributed by atoms with Gasteiger partial charge < -0.3 is 9.72 Å². The maximum atomic E-state index is 11.7. The second kappa shape index (κ2) is 3.53. The summed E-state index contributed by atoms with van der Waals surface area (Å²) in [7, 11) is 0. The Morgan fingerprint density at radius 2 is 2.27 bits per heavy atom. The SMILES string of the molecule is Cc1ccc2[nH]cc(OC=O)c(=O)c2n1. The van der Waals surface area contributed by atoms with Gasteiger partial charge in [0.2, 0.25) is 5.43 Å². The molecule has 0 aliphatic rings. The van der Waals surface area contributed by atoms with Gasteiger partial charge in [0.15, 0.2) is 5.75 Å². The fourth-order valence-corrected chi connectivity index (χ4v) is 1.31. The smallest absolute Gasteiger partial charge is 0.298 e. The summed E-state index contributed by atoms with van der Waals surface area (Å²) in [5, 5.41) is 0. The second-order valence-corrected chi connectivity index (χ2v) is 3.04. The Labute approximate surface area is 84.7 Å². The van der Waals surface area contributed by atoms with Gasteiger partial charge in [-0.05, 0) is 19.1 Å². The van der Waals surface area contributed by atoms with Gasteiger partial charge in [-0.3, -0.25) is 9.59 Å². The molecule has 0 aromatic carbocycles. The molecule has 5 heteroatoms. The first-order valence-corrected chi connectivity index (χ1v) is 4.31. The van der Waals surface area contributed by atoms with E-state index in [0.29, 0.717) is 5.52 Å². The lowest BCUT2D eigenvalue weighted by molar-refractivity contribution is -0.120.